The molecule has 0 aliphatic rings. The fraction of sp³-hybridized carbons (Fsp3) is 0.222. The Morgan fingerprint density at radius 2 is 2.33 bits per heavy atom. The Morgan fingerprint density at radius 3 is 2.87 bits per heavy atom. The molecule has 0 saturated heterocycles. The molecule has 6 heteroatoms. The van der Waals surface area contributed by atoms with Gasteiger partial charge in [-0.1, -0.05) is 15.9 Å². The summed E-state index contributed by atoms with van der Waals surface area (Å²) in [6, 6.07) is 0. The first-order valence-corrected chi connectivity index (χ1v) is 5.46. The highest BCUT2D eigenvalue weighted by atomic mass is 79.9. The number of aromatic nitrogens is 4. The molecule has 0 saturated carbocycles. The van der Waals surface area contributed by atoms with E-state index >= 15 is 0 Å². The molecule has 0 spiro atoms. The van der Waals surface area contributed by atoms with Crippen LogP contribution in [0.5, 0.6) is 0 Å². The van der Waals surface area contributed by atoms with E-state index in [0.29, 0.717) is 22.5 Å². The molecule has 0 amide bonds. The number of imidazole rings is 1. The van der Waals surface area contributed by atoms with Crippen LogP contribution in [-0.4, -0.2) is 19.5 Å². The third kappa shape index (κ3) is 1.85. The van der Waals surface area contributed by atoms with Crippen molar-refractivity contribution in [3.63, 3.8) is 0 Å². The smallest absolute Gasteiger partial charge is 0.255 e. The Kier molecular flexibility index (Phi) is 2.68. The van der Waals surface area contributed by atoms with Crippen molar-refractivity contribution in [2.45, 2.75) is 5.33 Å². The number of aryl methyl sites for hydroxylation is 1. The SMILES string of the molecule is Cn1ccnc1-c1ncc(CBr)c(=O)[nH]1. The standard InChI is InChI=1S/C9H9BrN4O/c1-14-3-2-11-8(14)7-12-5-6(4-10)9(15)13-7/h2-3,5H,4H2,1H3,(H,12,13,15). The van der Waals surface area contributed by atoms with Gasteiger partial charge in [-0.05, 0) is 0 Å². The summed E-state index contributed by atoms with van der Waals surface area (Å²) in [5.74, 6) is 1.13. The first-order chi connectivity index (χ1) is 7.22. The summed E-state index contributed by atoms with van der Waals surface area (Å²) in [5, 5.41) is 0.496. The Labute approximate surface area is 94.3 Å². The lowest BCUT2D eigenvalue weighted by atomic mass is 10.4. The fourth-order valence-corrected chi connectivity index (χ4v) is 1.62. The molecule has 0 aromatic carbocycles. The molecule has 2 rings (SSSR count). The quantitative estimate of drug-likeness (QED) is 0.829. The molecule has 0 radical (unpaired) electrons. The van der Waals surface area contributed by atoms with E-state index in [-0.39, 0.29) is 5.56 Å². The number of H-pyrrole nitrogens is 1. The summed E-state index contributed by atoms with van der Waals surface area (Å²) in [4.78, 5) is 22.5. The zero-order valence-electron chi connectivity index (χ0n) is 8.07. The van der Waals surface area contributed by atoms with Gasteiger partial charge in [-0.25, -0.2) is 9.97 Å². The molecular weight excluding hydrogens is 260 g/mol. The van der Waals surface area contributed by atoms with E-state index in [1.54, 1.807) is 23.2 Å². The fourth-order valence-electron chi connectivity index (χ4n) is 1.22. The highest BCUT2D eigenvalue weighted by molar-refractivity contribution is 9.08. The number of hydrogen-bond acceptors (Lipinski definition) is 3. The molecule has 2 aromatic rings. The predicted octanol–water partition coefficient (Wildman–Crippen LogP) is 1.07. The van der Waals surface area contributed by atoms with Crippen LogP contribution in [0.1, 0.15) is 5.56 Å². The maximum absolute atomic E-state index is 11.5. The van der Waals surface area contributed by atoms with Gasteiger partial charge in [-0.2, -0.15) is 0 Å². The van der Waals surface area contributed by atoms with Crippen LogP contribution < -0.4 is 5.56 Å². The molecular formula is C9H9BrN4O. The Bertz CT molecular complexity index is 531. The van der Waals surface area contributed by atoms with Crippen molar-refractivity contribution in [1.29, 1.82) is 0 Å². The van der Waals surface area contributed by atoms with Gasteiger partial charge in [0.15, 0.2) is 11.6 Å². The summed E-state index contributed by atoms with van der Waals surface area (Å²) in [6.45, 7) is 0. The molecule has 78 valence electrons. The van der Waals surface area contributed by atoms with Crippen LogP contribution in [0.3, 0.4) is 0 Å². The minimum atomic E-state index is -0.139. The number of aromatic amines is 1. The zero-order valence-corrected chi connectivity index (χ0v) is 9.65. The Morgan fingerprint density at radius 1 is 1.53 bits per heavy atom. The first-order valence-electron chi connectivity index (χ1n) is 4.34. The number of nitrogens with zero attached hydrogens (tertiary/aromatic N) is 3. The minimum Gasteiger partial charge on any atom is -0.331 e. The van der Waals surface area contributed by atoms with Gasteiger partial charge in [0.25, 0.3) is 5.56 Å². The monoisotopic (exact) mass is 268 g/mol. The highest BCUT2D eigenvalue weighted by Gasteiger charge is 2.07. The lowest BCUT2D eigenvalue weighted by molar-refractivity contribution is 0.900. The lowest BCUT2D eigenvalue weighted by Gasteiger charge is -2.01. The number of alkyl halides is 1. The van der Waals surface area contributed by atoms with E-state index in [1.165, 1.54) is 0 Å². The van der Waals surface area contributed by atoms with E-state index in [2.05, 4.69) is 30.9 Å². The second-order valence-corrected chi connectivity index (χ2v) is 3.64. The van der Waals surface area contributed by atoms with Crippen LogP contribution in [0.4, 0.5) is 0 Å². The van der Waals surface area contributed by atoms with Gasteiger partial charge in [0.1, 0.15) is 0 Å². The van der Waals surface area contributed by atoms with Gasteiger partial charge in [0.2, 0.25) is 0 Å². The van der Waals surface area contributed by atoms with Crippen molar-refractivity contribution >= 4 is 15.9 Å². The molecule has 0 atom stereocenters. The molecule has 0 bridgehead atoms. The summed E-state index contributed by atoms with van der Waals surface area (Å²) < 4.78 is 1.80. The molecule has 2 aromatic heterocycles. The molecule has 5 nitrogen and oxygen atoms in total. The Balaban J connectivity index is 2.52. The van der Waals surface area contributed by atoms with Gasteiger partial charge in [0.05, 0.1) is 0 Å². The maximum Gasteiger partial charge on any atom is 0.255 e. The second kappa shape index (κ2) is 3.98. The third-order valence-corrected chi connectivity index (χ3v) is 2.65. The number of rotatable bonds is 2. The Hall–Kier alpha value is -1.43. The molecule has 2 heterocycles. The summed E-state index contributed by atoms with van der Waals surface area (Å²) in [6.07, 6.45) is 5.01. The lowest BCUT2D eigenvalue weighted by Crippen LogP contribution is -2.14. The average Bonchev–Trinajstić information content (AvgIpc) is 2.64. The van der Waals surface area contributed by atoms with Crippen LogP contribution in [0, 0.1) is 0 Å². The van der Waals surface area contributed by atoms with E-state index in [4.69, 9.17) is 0 Å². The van der Waals surface area contributed by atoms with Gasteiger partial charge < -0.3 is 9.55 Å². The second-order valence-electron chi connectivity index (χ2n) is 3.08. The summed E-state index contributed by atoms with van der Waals surface area (Å²) in [5.41, 5.74) is 0.466. The van der Waals surface area contributed by atoms with Crippen molar-refractivity contribution in [2.24, 2.45) is 7.05 Å². The largest absolute Gasteiger partial charge is 0.331 e. The average molecular weight is 269 g/mol. The van der Waals surface area contributed by atoms with Gasteiger partial charge >= 0.3 is 0 Å². The van der Waals surface area contributed by atoms with Crippen molar-refractivity contribution < 1.29 is 0 Å². The van der Waals surface area contributed by atoms with Crippen molar-refractivity contribution in [2.75, 3.05) is 0 Å². The van der Waals surface area contributed by atoms with Crippen molar-refractivity contribution in [3.8, 4) is 11.6 Å². The summed E-state index contributed by atoms with van der Waals surface area (Å²) >= 11 is 3.22. The van der Waals surface area contributed by atoms with Crippen LogP contribution in [0.25, 0.3) is 11.6 Å². The highest BCUT2D eigenvalue weighted by Crippen LogP contribution is 2.09. The van der Waals surface area contributed by atoms with Crippen molar-refractivity contribution in [1.82, 2.24) is 19.5 Å². The molecule has 1 N–H and O–H groups in total. The third-order valence-electron chi connectivity index (χ3n) is 2.05. The number of hydrogen-bond donors (Lipinski definition) is 1. The molecule has 0 fully saturated rings. The topological polar surface area (TPSA) is 63.6 Å². The van der Waals surface area contributed by atoms with Gasteiger partial charge in [0, 0.05) is 36.5 Å². The van der Waals surface area contributed by atoms with E-state index in [1.807, 2.05) is 7.05 Å². The van der Waals surface area contributed by atoms with E-state index in [0.717, 1.165) is 0 Å². The number of halogens is 1. The molecule has 15 heavy (non-hydrogen) atoms. The predicted molar refractivity (Wildman–Crippen MR) is 59.7 cm³/mol. The van der Waals surface area contributed by atoms with Gasteiger partial charge in [-0.15, -0.1) is 0 Å². The van der Waals surface area contributed by atoms with Crippen molar-refractivity contribution in [3.05, 3.63) is 34.5 Å². The normalized spacial score (nSPS) is 10.5. The first kappa shape index (κ1) is 10.1. The van der Waals surface area contributed by atoms with Crippen LogP contribution in [0.2, 0.25) is 0 Å². The van der Waals surface area contributed by atoms with E-state index in [9.17, 15) is 4.79 Å². The zero-order chi connectivity index (χ0) is 10.8. The van der Waals surface area contributed by atoms with E-state index < -0.39 is 0 Å². The van der Waals surface area contributed by atoms with Gasteiger partial charge in [-0.3, -0.25) is 4.79 Å². The molecule has 0 aliphatic carbocycles. The summed E-state index contributed by atoms with van der Waals surface area (Å²) in [7, 11) is 1.85. The van der Waals surface area contributed by atoms with Crippen LogP contribution in [-0.2, 0) is 12.4 Å². The minimum absolute atomic E-state index is 0.139. The maximum atomic E-state index is 11.5. The molecule has 0 unspecified atom stereocenters. The van der Waals surface area contributed by atoms with Crippen LogP contribution in [0.15, 0.2) is 23.4 Å². The van der Waals surface area contributed by atoms with Crippen LogP contribution >= 0.6 is 15.9 Å². The number of nitrogens with one attached hydrogen (secondary N) is 1. The molecule has 0 aliphatic heterocycles.